The minimum Gasteiger partial charge on any atom is -0.381 e. The molecule has 0 aromatic carbocycles. The van der Waals surface area contributed by atoms with E-state index in [1.807, 2.05) is 0 Å². The molecule has 1 rings (SSSR count). The van der Waals surface area contributed by atoms with Gasteiger partial charge in [-0.25, -0.2) is 0 Å². The van der Waals surface area contributed by atoms with Crippen LogP contribution in [0.25, 0.3) is 0 Å². The fourth-order valence-corrected chi connectivity index (χ4v) is 1.79. The second-order valence-corrected chi connectivity index (χ2v) is 3.54. The predicted octanol–water partition coefficient (Wildman–Crippen LogP) is -0.262. The standard InChI is InChI=1S/C5H10O3S/c1-7-4-5-8-2-3-9(5)6/h5H,2-4H2,1H3. The smallest absolute Gasteiger partial charge is 0.155 e. The summed E-state index contributed by atoms with van der Waals surface area (Å²) in [6.45, 7) is 1.06. The Morgan fingerprint density at radius 3 is 3.11 bits per heavy atom. The van der Waals surface area contributed by atoms with Crippen LogP contribution in [0, 0.1) is 0 Å². The molecule has 2 unspecified atom stereocenters. The molecule has 0 radical (unpaired) electrons. The van der Waals surface area contributed by atoms with Gasteiger partial charge in [-0.1, -0.05) is 0 Å². The molecule has 1 saturated heterocycles. The van der Waals surface area contributed by atoms with Crippen LogP contribution in [-0.4, -0.2) is 35.7 Å². The molecule has 0 aromatic rings. The molecule has 4 heteroatoms. The maximum atomic E-state index is 10.9. The largest absolute Gasteiger partial charge is 0.381 e. The molecular weight excluding hydrogens is 140 g/mol. The zero-order valence-corrected chi connectivity index (χ0v) is 6.15. The summed E-state index contributed by atoms with van der Waals surface area (Å²) in [7, 11) is 0.774. The first-order valence-corrected chi connectivity index (χ1v) is 4.20. The normalized spacial score (nSPS) is 35.2. The molecule has 0 saturated carbocycles. The van der Waals surface area contributed by atoms with Gasteiger partial charge in [-0.3, -0.25) is 4.21 Å². The van der Waals surface area contributed by atoms with Crippen molar-refractivity contribution < 1.29 is 13.7 Å². The summed E-state index contributed by atoms with van der Waals surface area (Å²) < 4.78 is 20.7. The van der Waals surface area contributed by atoms with Crippen LogP contribution >= 0.6 is 0 Å². The second kappa shape index (κ2) is 3.29. The van der Waals surface area contributed by atoms with Crippen molar-refractivity contribution in [1.29, 1.82) is 0 Å². The maximum Gasteiger partial charge on any atom is 0.155 e. The summed E-state index contributed by atoms with van der Waals surface area (Å²) in [6.07, 6.45) is 0. The van der Waals surface area contributed by atoms with E-state index in [0.717, 1.165) is 0 Å². The van der Waals surface area contributed by atoms with Crippen molar-refractivity contribution in [2.24, 2.45) is 0 Å². The van der Waals surface area contributed by atoms with Crippen LogP contribution in [-0.2, 0) is 20.3 Å². The lowest BCUT2D eigenvalue weighted by Gasteiger charge is -2.04. The van der Waals surface area contributed by atoms with Gasteiger partial charge in [0, 0.05) is 12.9 Å². The average molecular weight is 150 g/mol. The third kappa shape index (κ3) is 1.74. The fraction of sp³-hybridized carbons (Fsp3) is 1.00. The molecule has 0 N–H and O–H groups in total. The fourth-order valence-electron chi connectivity index (χ4n) is 0.729. The summed E-state index contributed by atoms with van der Waals surface area (Å²) in [5, 5.41) is 0. The van der Waals surface area contributed by atoms with E-state index in [1.165, 1.54) is 0 Å². The quantitative estimate of drug-likeness (QED) is 0.544. The van der Waals surface area contributed by atoms with Gasteiger partial charge in [0.25, 0.3) is 0 Å². The van der Waals surface area contributed by atoms with E-state index in [9.17, 15) is 4.21 Å². The van der Waals surface area contributed by atoms with Crippen LogP contribution in [0.5, 0.6) is 0 Å². The first kappa shape index (κ1) is 7.18. The molecular formula is C5H10O3S. The van der Waals surface area contributed by atoms with Gasteiger partial charge in [-0.05, 0) is 0 Å². The van der Waals surface area contributed by atoms with Crippen molar-refractivity contribution in [3.05, 3.63) is 0 Å². The number of hydrogen-bond acceptors (Lipinski definition) is 3. The zero-order chi connectivity index (χ0) is 6.69. The Morgan fingerprint density at radius 2 is 2.67 bits per heavy atom. The summed E-state index contributed by atoms with van der Waals surface area (Å²) in [5.41, 5.74) is -0.171. The van der Waals surface area contributed by atoms with E-state index in [1.54, 1.807) is 7.11 Å². The molecule has 1 heterocycles. The molecule has 2 atom stereocenters. The molecule has 0 aromatic heterocycles. The third-order valence-electron chi connectivity index (χ3n) is 1.18. The van der Waals surface area contributed by atoms with Crippen molar-refractivity contribution in [3.8, 4) is 0 Å². The molecule has 3 nitrogen and oxygen atoms in total. The Bertz CT molecular complexity index is 115. The Kier molecular flexibility index (Phi) is 2.63. The third-order valence-corrected chi connectivity index (χ3v) is 2.61. The summed E-state index contributed by atoms with van der Waals surface area (Å²) in [5.74, 6) is 0.661. The van der Waals surface area contributed by atoms with E-state index in [-0.39, 0.29) is 5.44 Å². The summed E-state index contributed by atoms with van der Waals surface area (Å²) in [6, 6.07) is 0. The highest BCUT2D eigenvalue weighted by molar-refractivity contribution is 7.85. The zero-order valence-electron chi connectivity index (χ0n) is 5.33. The number of ether oxygens (including phenoxy) is 2. The molecule has 1 aliphatic rings. The lowest BCUT2D eigenvalue weighted by Crippen LogP contribution is -2.17. The van der Waals surface area contributed by atoms with E-state index in [0.29, 0.717) is 19.0 Å². The van der Waals surface area contributed by atoms with Crippen molar-refractivity contribution in [1.82, 2.24) is 0 Å². The van der Waals surface area contributed by atoms with Gasteiger partial charge in [0.05, 0.1) is 24.0 Å². The van der Waals surface area contributed by atoms with Crippen molar-refractivity contribution in [3.63, 3.8) is 0 Å². The van der Waals surface area contributed by atoms with Crippen molar-refractivity contribution >= 4 is 10.8 Å². The van der Waals surface area contributed by atoms with Crippen LogP contribution in [0.3, 0.4) is 0 Å². The Morgan fingerprint density at radius 1 is 1.89 bits per heavy atom. The maximum absolute atomic E-state index is 10.9. The Hall–Kier alpha value is 0.0700. The van der Waals surface area contributed by atoms with Gasteiger partial charge in [-0.2, -0.15) is 0 Å². The van der Waals surface area contributed by atoms with Gasteiger partial charge in [-0.15, -0.1) is 0 Å². The molecule has 1 fully saturated rings. The van der Waals surface area contributed by atoms with E-state index in [4.69, 9.17) is 9.47 Å². The van der Waals surface area contributed by atoms with Crippen LogP contribution < -0.4 is 0 Å². The van der Waals surface area contributed by atoms with Crippen LogP contribution in [0.15, 0.2) is 0 Å². The lowest BCUT2D eigenvalue weighted by molar-refractivity contribution is 0.0665. The van der Waals surface area contributed by atoms with Gasteiger partial charge in [0.1, 0.15) is 0 Å². The SMILES string of the molecule is COCC1OCCS1=O. The molecule has 1 aliphatic heterocycles. The van der Waals surface area contributed by atoms with Crippen LogP contribution in [0.2, 0.25) is 0 Å². The highest BCUT2D eigenvalue weighted by atomic mass is 32.2. The molecule has 0 amide bonds. The molecule has 0 bridgehead atoms. The van der Waals surface area contributed by atoms with E-state index < -0.39 is 10.8 Å². The van der Waals surface area contributed by atoms with E-state index in [2.05, 4.69) is 0 Å². The minimum atomic E-state index is -0.808. The van der Waals surface area contributed by atoms with Crippen molar-refractivity contribution in [2.75, 3.05) is 26.1 Å². The Labute approximate surface area is 56.8 Å². The van der Waals surface area contributed by atoms with Gasteiger partial charge in [0.2, 0.25) is 0 Å². The highest BCUT2D eigenvalue weighted by Gasteiger charge is 2.22. The molecule has 54 valence electrons. The topological polar surface area (TPSA) is 35.5 Å². The number of hydrogen-bond donors (Lipinski definition) is 0. The Balaban J connectivity index is 2.31. The van der Waals surface area contributed by atoms with Crippen molar-refractivity contribution in [2.45, 2.75) is 5.44 Å². The average Bonchev–Trinajstić information content (AvgIpc) is 2.18. The molecule has 0 spiro atoms. The number of methoxy groups -OCH3 is 1. The first-order chi connectivity index (χ1) is 4.34. The monoisotopic (exact) mass is 150 g/mol. The summed E-state index contributed by atoms with van der Waals surface area (Å²) >= 11 is 0. The lowest BCUT2D eigenvalue weighted by atomic mass is 10.7. The molecule has 9 heavy (non-hydrogen) atoms. The van der Waals surface area contributed by atoms with Gasteiger partial charge < -0.3 is 9.47 Å². The first-order valence-electron chi connectivity index (χ1n) is 2.82. The van der Waals surface area contributed by atoms with Crippen LogP contribution in [0.1, 0.15) is 0 Å². The summed E-state index contributed by atoms with van der Waals surface area (Å²) in [4.78, 5) is 0. The van der Waals surface area contributed by atoms with E-state index >= 15 is 0 Å². The highest BCUT2D eigenvalue weighted by Crippen LogP contribution is 2.07. The van der Waals surface area contributed by atoms with Crippen LogP contribution in [0.4, 0.5) is 0 Å². The second-order valence-electron chi connectivity index (χ2n) is 1.84. The number of rotatable bonds is 2. The predicted molar refractivity (Wildman–Crippen MR) is 34.6 cm³/mol. The van der Waals surface area contributed by atoms with Gasteiger partial charge >= 0.3 is 0 Å². The molecule has 0 aliphatic carbocycles. The van der Waals surface area contributed by atoms with Gasteiger partial charge in [0.15, 0.2) is 5.44 Å². The minimum absolute atomic E-state index is 0.171.